The number of hydrogen-bond donors (Lipinski definition) is 1. The van der Waals surface area contributed by atoms with Crippen molar-refractivity contribution >= 4 is 23.1 Å². The molecule has 0 aliphatic rings. The van der Waals surface area contributed by atoms with Gasteiger partial charge in [0.05, 0.1) is 5.56 Å². The third-order valence-corrected chi connectivity index (χ3v) is 2.22. The first kappa shape index (κ1) is 10.5. The lowest BCUT2D eigenvalue weighted by atomic mass is 10.3. The number of rotatable bonds is 2. The largest absolute Gasteiger partial charge is 0.340 e. The number of nitriles is 1. The molecule has 0 atom stereocenters. The van der Waals surface area contributed by atoms with E-state index in [1.807, 2.05) is 18.2 Å². The van der Waals surface area contributed by atoms with Gasteiger partial charge in [-0.25, -0.2) is 4.98 Å². The molecule has 1 aromatic carbocycles. The Morgan fingerprint density at radius 2 is 2.12 bits per heavy atom. The van der Waals surface area contributed by atoms with Crippen molar-refractivity contribution in [2.24, 2.45) is 0 Å². The summed E-state index contributed by atoms with van der Waals surface area (Å²) in [7, 11) is 0. The molecule has 0 unspecified atom stereocenters. The zero-order valence-corrected chi connectivity index (χ0v) is 9.07. The number of halogens is 1. The maximum absolute atomic E-state index is 8.63. The normalized spacial score (nSPS) is 9.50. The molecule has 1 aromatic heterocycles. The fourth-order valence-electron chi connectivity index (χ4n) is 1.25. The van der Waals surface area contributed by atoms with E-state index in [1.165, 1.54) is 6.20 Å². The molecule has 0 spiro atoms. The highest BCUT2D eigenvalue weighted by atomic mass is 35.5. The zero-order chi connectivity index (χ0) is 11.4. The maximum atomic E-state index is 8.63. The smallest absolute Gasteiger partial charge is 0.130 e. The SMILES string of the molecule is N#Cc1ccc(Nc2cccc(Cl)c2)nc1. The van der Waals surface area contributed by atoms with Gasteiger partial charge in [0, 0.05) is 16.9 Å². The highest BCUT2D eigenvalue weighted by Crippen LogP contribution is 2.18. The quantitative estimate of drug-likeness (QED) is 0.859. The Kier molecular flexibility index (Phi) is 3.04. The minimum atomic E-state index is 0.539. The van der Waals surface area contributed by atoms with E-state index in [0.717, 1.165) is 5.69 Å². The highest BCUT2D eigenvalue weighted by molar-refractivity contribution is 6.30. The first-order chi connectivity index (χ1) is 7.78. The van der Waals surface area contributed by atoms with Crippen LogP contribution in [0.25, 0.3) is 0 Å². The van der Waals surface area contributed by atoms with Crippen molar-refractivity contribution < 1.29 is 0 Å². The Bertz CT molecular complexity index is 529. The molecule has 2 aromatic rings. The van der Waals surface area contributed by atoms with Crippen molar-refractivity contribution in [2.45, 2.75) is 0 Å². The van der Waals surface area contributed by atoms with Crippen LogP contribution >= 0.6 is 11.6 Å². The van der Waals surface area contributed by atoms with Gasteiger partial charge in [-0.3, -0.25) is 0 Å². The van der Waals surface area contributed by atoms with Gasteiger partial charge in [-0.05, 0) is 30.3 Å². The number of nitrogens with one attached hydrogen (secondary N) is 1. The number of pyridine rings is 1. The Morgan fingerprint density at radius 3 is 2.75 bits per heavy atom. The molecule has 1 N–H and O–H groups in total. The van der Waals surface area contributed by atoms with Crippen LogP contribution in [-0.2, 0) is 0 Å². The summed E-state index contributed by atoms with van der Waals surface area (Å²) in [6.45, 7) is 0. The molecule has 0 saturated carbocycles. The van der Waals surface area contributed by atoms with E-state index in [1.54, 1.807) is 24.3 Å². The molecule has 0 radical (unpaired) electrons. The van der Waals surface area contributed by atoms with Crippen molar-refractivity contribution in [3.63, 3.8) is 0 Å². The predicted molar refractivity (Wildman–Crippen MR) is 63.7 cm³/mol. The predicted octanol–water partition coefficient (Wildman–Crippen LogP) is 3.35. The Morgan fingerprint density at radius 1 is 1.25 bits per heavy atom. The summed E-state index contributed by atoms with van der Waals surface area (Å²) in [5.74, 6) is 0.682. The van der Waals surface area contributed by atoms with Crippen molar-refractivity contribution in [3.8, 4) is 6.07 Å². The summed E-state index contributed by atoms with van der Waals surface area (Å²) < 4.78 is 0. The molecule has 1 heterocycles. The van der Waals surface area contributed by atoms with Crippen LogP contribution in [0.5, 0.6) is 0 Å². The van der Waals surface area contributed by atoms with Gasteiger partial charge in [0.2, 0.25) is 0 Å². The average molecular weight is 230 g/mol. The van der Waals surface area contributed by atoms with Crippen LogP contribution in [0.1, 0.15) is 5.56 Å². The Balaban J connectivity index is 2.18. The van der Waals surface area contributed by atoms with E-state index in [0.29, 0.717) is 16.4 Å². The van der Waals surface area contributed by atoms with Crippen LogP contribution in [0, 0.1) is 11.3 Å². The molecule has 0 amide bonds. The van der Waals surface area contributed by atoms with E-state index in [9.17, 15) is 0 Å². The molecule has 0 bridgehead atoms. The summed E-state index contributed by atoms with van der Waals surface area (Å²) in [5.41, 5.74) is 1.40. The van der Waals surface area contributed by atoms with Gasteiger partial charge < -0.3 is 5.32 Å². The van der Waals surface area contributed by atoms with Crippen LogP contribution in [0.2, 0.25) is 5.02 Å². The molecule has 0 fully saturated rings. The van der Waals surface area contributed by atoms with E-state index in [-0.39, 0.29) is 0 Å². The number of benzene rings is 1. The second-order valence-corrected chi connectivity index (χ2v) is 3.62. The Labute approximate surface area is 98.3 Å². The lowest BCUT2D eigenvalue weighted by Crippen LogP contribution is -1.93. The Hall–Kier alpha value is -2.05. The first-order valence-electron chi connectivity index (χ1n) is 4.67. The monoisotopic (exact) mass is 229 g/mol. The van der Waals surface area contributed by atoms with Crippen molar-refractivity contribution in [1.29, 1.82) is 5.26 Å². The summed E-state index contributed by atoms with van der Waals surface area (Å²) in [6, 6.07) is 12.8. The van der Waals surface area contributed by atoms with Gasteiger partial charge in [-0.15, -0.1) is 0 Å². The summed E-state index contributed by atoms with van der Waals surface area (Å²) in [4.78, 5) is 4.10. The fraction of sp³-hybridized carbons (Fsp3) is 0. The number of hydrogen-bond acceptors (Lipinski definition) is 3. The summed E-state index contributed by atoms with van der Waals surface area (Å²) >= 11 is 5.86. The topological polar surface area (TPSA) is 48.7 Å². The van der Waals surface area contributed by atoms with E-state index in [4.69, 9.17) is 16.9 Å². The van der Waals surface area contributed by atoms with Crippen molar-refractivity contribution in [2.75, 3.05) is 5.32 Å². The van der Waals surface area contributed by atoms with Crippen LogP contribution in [-0.4, -0.2) is 4.98 Å². The van der Waals surface area contributed by atoms with E-state index >= 15 is 0 Å². The van der Waals surface area contributed by atoms with Crippen LogP contribution in [0.4, 0.5) is 11.5 Å². The van der Waals surface area contributed by atoms with Gasteiger partial charge in [-0.1, -0.05) is 17.7 Å². The van der Waals surface area contributed by atoms with Crippen LogP contribution in [0.3, 0.4) is 0 Å². The molecule has 16 heavy (non-hydrogen) atoms. The third kappa shape index (κ3) is 2.50. The first-order valence-corrected chi connectivity index (χ1v) is 5.04. The highest BCUT2D eigenvalue weighted by Gasteiger charge is 1.97. The molecule has 3 nitrogen and oxygen atoms in total. The maximum Gasteiger partial charge on any atom is 0.130 e. The second kappa shape index (κ2) is 4.65. The summed E-state index contributed by atoms with van der Waals surface area (Å²) in [5, 5.41) is 12.4. The lowest BCUT2D eigenvalue weighted by molar-refractivity contribution is 1.29. The van der Waals surface area contributed by atoms with Gasteiger partial charge in [-0.2, -0.15) is 5.26 Å². The molecule has 78 valence electrons. The fourth-order valence-corrected chi connectivity index (χ4v) is 1.44. The van der Waals surface area contributed by atoms with Crippen LogP contribution < -0.4 is 5.32 Å². The molecule has 2 rings (SSSR count). The number of anilines is 2. The van der Waals surface area contributed by atoms with Crippen molar-refractivity contribution in [3.05, 3.63) is 53.2 Å². The van der Waals surface area contributed by atoms with Gasteiger partial charge in [0.15, 0.2) is 0 Å². The number of nitrogens with zero attached hydrogens (tertiary/aromatic N) is 2. The lowest BCUT2D eigenvalue weighted by Gasteiger charge is -2.05. The molecular weight excluding hydrogens is 222 g/mol. The minimum Gasteiger partial charge on any atom is -0.340 e. The van der Waals surface area contributed by atoms with Gasteiger partial charge in [0.25, 0.3) is 0 Å². The standard InChI is InChI=1S/C12H8ClN3/c13-10-2-1-3-11(6-10)16-12-5-4-9(7-14)8-15-12/h1-6,8H,(H,15,16). The van der Waals surface area contributed by atoms with Crippen LogP contribution in [0.15, 0.2) is 42.6 Å². The van der Waals surface area contributed by atoms with Gasteiger partial charge in [0.1, 0.15) is 11.9 Å². The molecule has 0 saturated heterocycles. The number of aromatic nitrogens is 1. The molecule has 0 aliphatic carbocycles. The zero-order valence-electron chi connectivity index (χ0n) is 8.31. The molecule has 4 heteroatoms. The summed E-state index contributed by atoms with van der Waals surface area (Å²) in [6.07, 6.45) is 1.52. The molecular formula is C12H8ClN3. The average Bonchev–Trinajstić information content (AvgIpc) is 2.30. The second-order valence-electron chi connectivity index (χ2n) is 3.18. The van der Waals surface area contributed by atoms with E-state index in [2.05, 4.69) is 10.3 Å². The van der Waals surface area contributed by atoms with Gasteiger partial charge >= 0.3 is 0 Å². The minimum absolute atomic E-state index is 0.539. The van der Waals surface area contributed by atoms with Crippen molar-refractivity contribution in [1.82, 2.24) is 4.98 Å². The molecule has 0 aliphatic heterocycles. The third-order valence-electron chi connectivity index (χ3n) is 1.99. The van der Waals surface area contributed by atoms with E-state index < -0.39 is 0 Å².